The Morgan fingerprint density at radius 1 is 0.757 bits per heavy atom. The minimum atomic E-state index is -4.80. The van der Waals surface area contributed by atoms with Gasteiger partial charge in [-0.15, -0.1) is 0 Å². The SMILES string of the molecule is CC(=O)Nc1ccc(S(=O)(=O)N(c2ccc([N+](=O)[O-])cc2C)S(=O)(=O)c2ccc(NC(C)=O)cc2)cc1. The average Bonchev–Trinajstić information content (AvgIpc) is 2.80. The van der Waals surface area contributed by atoms with Gasteiger partial charge in [0.2, 0.25) is 11.8 Å². The minimum Gasteiger partial charge on any atom is -0.326 e. The van der Waals surface area contributed by atoms with Gasteiger partial charge in [-0.05, 0) is 67.1 Å². The molecule has 0 aliphatic rings. The molecule has 0 saturated heterocycles. The van der Waals surface area contributed by atoms with Crippen molar-refractivity contribution in [1.29, 1.82) is 0 Å². The van der Waals surface area contributed by atoms with Crippen molar-refractivity contribution in [1.82, 2.24) is 0 Å². The lowest BCUT2D eigenvalue weighted by molar-refractivity contribution is -0.384. The first-order chi connectivity index (χ1) is 17.2. The molecular weight excluding hydrogens is 524 g/mol. The van der Waals surface area contributed by atoms with Crippen LogP contribution in [0, 0.1) is 17.0 Å². The number of sulfonamides is 2. The first-order valence-corrected chi connectivity index (χ1v) is 13.4. The lowest BCUT2D eigenvalue weighted by Gasteiger charge is -2.25. The quantitative estimate of drug-likeness (QED) is 0.319. The number of nitro benzene ring substituents is 1. The number of non-ortho nitro benzene ring substituents is 1. The highest BCUT2D eigenvalue weighted by Crippen LogP contribution is 2.35. The van der Waals surface area contributed by atoms with E-state index in [1.165, 1.54) is 45.0 Å². The van der Waals surface area contributed by atoms with E-state index < -0.39 is 34.8 Å². The van der Waals surface area contributed by atoms with Crippen molar-refractivity contribution in [2.24, 2.45) is 0 Å². The Labute approximate surface area is 213 Å². The maximum absolute atomic E-state index is 13.7. The van der Waals surface area contributed by atoms with Crippen molar-refractivity contribution in [2.45, 2.75) is 30.6 Å². The number of rotatable bonds is 8. The van der Waals surface area contributed by atoms with Crippen LogP contribution < -0.4 is 14.3 Å². The highest BCUT2D eigenvalue weighted by molar-refractivity contribution is 8.10. The topological polar surface area (TPSA) is 173 Å². The van der Waals surface area contributed by atoms with Crippen molar-refractivity contribution in [3.63, 3.8) is 0 Å². The molecule has 0 heterocycles. The summed E-state index contributed by atoms with van der Waals surface area (Å²) in [5.41, 5.74) is -0.0641. The van der Waals surface area contributed by atoms with Crippen LogP contribution in [0.25, 0.3) is 0 Å². The van der Waals surface area contributed by atoms with Crippen molar-refractivity contribution in [3.05, 3.63) is 82.4 Å². The molecule has 14 heteroatoms. The number of nitrogens with one attached hydrogen (secondary N) is 2. The van der Waals surface area contributed by atoms with Gasteiger partial charge in [0.05, 0.1) is 20.4 Å². The van der Waals surface area contributed by atoms with E-state index >= 15 is 0 Å². The van der Waals surface area contributed by atoms with E-state index in [0.29, 0.717) is 11.4 Å². The second kappa shape index (κ2) is 10.4. The maximum atomic E-state index is 13.7. The zero-order valence-electron chi connectivity index (χ0n) is 19.8. The summed E-state index contributed by atoms with van der Waals surface area (Å²) in [6.45, 7) is 3.89. The summed E-state index contributed by atoms with van der Waals surface area (Å²) in [5, 5.41) is 16.2. The molecule has 12 nitrogen and oxygen atoms in total. The molecule has 0 aliphatic heterocycles. The number of aryl methyl sites for hydroxylation is 1. The standard InChI is InChI=1S/C23H22N4O8S2/c1-15-14-20(26(30)31)8-13-23(15)27(36(32,33)21-9-4-18(5-10-21)24-16(2)28)37(34,35)22-11-6-19(7-12-22)25-17(3)29/h4-14H,1-3H3,(H,24,28)(H,25,29). The minimum absolute atomic E-state index is 0.0195. The van der Waals surface area contributed by atoms with Crippen LogP contribution in [0.2, 0.25) is 0 Å². The number of amides is 2. The van der Waals surface area contributed by atoms with E-state index in [1.807, 2.05) is 0 Å². The Balaban J connectivity index is 2.20. The molecule has 0 aromatic heterocycles. The third-order valence-electron chi connectivity index (χ3n) is 4.97. The molecule has 194 valence electrons. The van der Waals surface area contributed by atoms with E-state index in [-0.39, 0.29) is 32.5 Å². The fourth-order valence-corrected chi connectivity index (χ4v) is 7.19. The molecule has 0 unspecified atom stereocenters. The Bertz CT molecular complexity index is 1500. The molecule has 0 aliphatic carbocycles. The largest absolute Gasteiger partial charge is 0.326 e. The van der Waals surface area contributed by atoms with Gasteiger partial charge in [-0.2, -0.15) is 3.71 Å². The van der Waals surface area contributed by atoms with Crippen molar-refractivity contribution in [3.8, 4) is 0 Å². The normalized spacial score (nSPS) is 11.4. The van der Waals surface area contributed by atoms with Crippen molar-refractivity contribution in [2.75, 3.05) is 14.3 Å². The van der Waals surface area contributed by atoms with Gasteiger partial charge in [0.1, 0.15) is 0 Å². The smallest absolute Gasteiger partial charge is 0.277 e. The molecule has 0 spiro atoms. The first kappa shape index (κ1) is 27.3. The predicted molar refractivity (Wildman–Crippen MR) is 136 cm³/mol. The van der Waals surface area contributed by atoms with E-state index in [9.17, 15) is 36.5 Å². The van der Waals surface area contributed by atoms with Gasteiger partial charge in [-0.1, -0.05) is 0 Å². The summed E-state index contributed by atoms with van der Waals surface area (Å²) in [6, 6.07) is 12.8. The van der Waals surface area contributed by atoms with Crippen molar-refractivity contribution < 1.29 is 31.3 Å². The number of carbonyl (C=O) groups is 2. The molecule has 0 saturated carbocycles. The maximum Gasteiger partial charge on any atom is 0.277 e. The van der Waals surface area contributed by atoms with Crippen LogP contribution >= 0.6 is 0 Å². The van der Waals surface area contributed by atoms with Gasteiger partial charge >= 0.3 is 0 Å². The molecule has 37 heavy (non-hydrogen) atoms. The van der Waals surface area contributed by atoms with Gasteiger partial charge in [0, 0.05) is 37.4 Å². The van der Waals surface area contributed by atoms with E-state index in [1.54, 1.807) is 0 Å². The molecule has 3 rings (SSSR count). The van der Waals surface area contributed by atoms with Crippen LogP contribution in [0.1, 0.15) is 19.4 Å². The van der Waals surface area contributed by atoms with Gasteiger partial charge in [-0.25, -0.2) is 16.8 Å². The van der Waals surface area contributed by atoms with Crippen LogP contribution in [0.5, 0.6) is 0 Å². The summed E-state index contributed by atoms with van der Waals surface area (Å²) in [7, 11) is -9.59. The molecule has 0 radical (unpaired) electrons. The second-order valence-electron chi connectivity index (χ2n) is 7.85. The van der Waals surface area contributed by atoms with Crippen molar-refractivity contribution >= 4 is 54.6 Å². The Hall–Kier alpha value is -4.30. The summed E-state index contributed by atoms with van der Waals surface area (Å²) in [5.74, 6) is -0.770. The Morgan fingerprint density at radius 2 is 1.16 bits per heavy atom. The molecule has 0 atom stereocenters. The molecule has 3 aromatic rings. The fourth-order valence-electron chi connectivity index (χ4n) is 3.36. The molecule has 3 aromatic carbocycles. The number of hydrogen-bond acceptors (Lipinski definition) is 8. The van der Waals surface area contributed by atoms with Gasteiger partial charge in [0.15, 0.2) is 0 Å². The average molecular weight is 547 g/mol. The van der Waals surface area contributed by atoms with Crippen LogP contribution in [0.3, 0.4) is 0 Å². The van der Waals surface area contributed by atoms with Crippen LogP contribution in [0.15, 0.2) is 76.5 Å². The molecule has 0 bridgehead atoms. The fraction of sp³-hybridized carbons (Fsp3) is 0.130. The zero-order chi connectivity index (χ0) is 27.5. The zero-order valence-corrected chi connectivity index (χ0v) is 21.5. The predicted octanol–water partition coefficient (Wildman–Crippen LogP) is 3.40. The molecule has 2 N–H and O–H groups in total. The third-order valence-corrected chi connectivity index (χ3v) is 9.15. The van der Waals surface area contributed by atoms with Crippen LogP contribution in [-0.4, -0.2) is 33.6 Å². The van der Waals surface area contributed by atoms with Gasteiger partial charge < -0.3 is 10.6 Å². The van der Waals surface area contributed by atoms with E-state index in [4.69, 9.17) is 0 Å². The first-order valence-electron chi connectivity index (χ1n) is 10.5. The summed E-state index contributed by atoms with van der Waals surface area (Å²) in [6.07, 6.45) is 0. The number of anilines is 3. The summed E-state index contributed by atoms with van der Waals surface area (Å²) < 4.78 is 55.2. The monoisotopic (exact) mass is 546 g/mol. The number of nitro groups is 1. The molecule has 2 amide bonds. The number of carbonyl (C=O) groups excluding carboxylic acids is 2. The van der Waals surface area contributed by atoms with E-state index in [2.05, 4.69) is 10.6 Å². The molecular formula is C23H22N4O8S2. The Morgan fingerprint density at radius 3 is 1.49 bits per heavy atom. The third kappa shape index (κ3) is 5.92. The number of hydrogen-bond donors (Lipinski definition) is 2. The van der Waals surface area contributed by atoms with Gasteiger partial charge in [0.25, 0.3) is 25.7 Å². The van der Waals surface area contributed by atoms with E-state index in [0.717, 1.165) is 42.5 Å². The molecule has 0 fully saturated rings. The second-order valence-corrected chi connectivity index (χ2v) is 11.7. The summed E-state index contributed by atoms with van der Waals surface area (Å²) in [4.78, 5) is 32.3. The number of benzene rings is 3. The highest BCUT2D eigenvalue weighted by Gasteiger charge is 2.38. The van der Waals surface area contributed by atoms with Crippen LogP contribution in [-0.2, 0) is 29.6 Å². The van der Waals surface area contributed by atoms with Gasteiger partial charge in [-0.3, -0.25) is 19.7 Å². The lowest BCUT2D eigenvalue weighted by atomic mass is 10.2. The lowest BCUT2D eigenvalue weighted by Crippen LogP contribution is -2.37. The Kier molecular flexibility index (Phi) is 7.64. The summed E-state index contributed by atoms with van der Waals surface area (Å²) >= 11 is 0. The highest BCUT2D eigenvalue weighted by atomic mass is 32.3. The number of nitrogens with zero attached hydrogens (tertiary/aromatic N) is 2. The van der Waals surface area contributed by atoms with Crippen LogP contribution in [0.4, 0.5) is 22.7 Å².